The fourth-order valence-electron chi connectivity index (χ4n) is 3.57. The van der Waals surface area contributed by atoms with Gasteiger partial charge in [-0.1, -0.05) is 18.2 Å². The SMILES string of the molecule is CCNc1nc(-c2ccc(F)cc2CN)c2ccc(=O)n(-c3ccccc3C)c2n1. The predicted molar refractivity (Wildman–Crippen MR) is 117 cm³/mol. The van der Waals surface area contributed by atoms with Crippen molar-refractivity contribution >= 4 is 17.0 Å². The lowest BCUT2D eigenvalue weighted by Crippen LogP contribution is -2.20. The van der Waals surface area contributed by atoms with Crippen molar-refractivity contribution in [2.45, 2.75) is 20.4 Å². The zero-order valence-electron chi connectivity index (χ0n) is 16.8. The van der Waals surface area contributed by atoms with Crippen molar-refractivity contribution in [3.63, 3.8) is 0 Å². The second-order valence-corrected chi connectivity index (χ2v) is 6.96. The Morgan fingerprint density at radius 1 is 1.10 bits per heavy atom. The molecule has 2 aromatic heterocycles. The average Bonchev–Trinajstić information content (AvgIpc) is 2.74. The van der Waals surface area contributed by atoms with Crippen LogP contribution in [0.3, 0.4) is 0 Å². The number of fused-ring (bicyclic) bond motifs is 1. The van der Waals surface area contributed by atoms with Crippen LogP contribution in [0.4, 0.5) is 10.3 Å². The first kappa shape index (κ1) is 19.7. The smallest absolute Gasteiger partial charge is 0.256 e. The quantitative estimate of drug-likeness (QED) is 0.530. The van der Waals surface area contributed by atoms with Gasteiger partial charge >= 0.3 is 0 Å². The lowest BCUT2D eigenvalue weighted by Gasteiger charge is -2.16. The van der Waals surface area contributed by atoms with Crippen LogP contribution < -0.4 is 16.6 Å². The zero-order chi connectivity index (χ0) is 21.3. The Morgan fingerprint density at radius 2 is 1.90 bits per heavy atom. The Hall–Kier alpha value is -3.58. The molecule has 0 saturated heterocycles. The maximum atomic E-state index is 13.8. The van der Waals surface area contributed by atoms with Crippen molar-refractivity contribution in [1.82, 2.24) is 14.5 Å². The summed E-state index contributed by atoms with van der Waals surface area (Å²) in [5.74, 6) is 0.0292. The van der Waals surface area contributed by atoms with Crippen LogP contribution in [0.25, 0.3) is 28.0 Å². The minimum atomic E-state index is -0.360. The number of nitrogens with two attached hydrogens (primary N) is 1. The highest BCUT2D eigenvalue weighted by atomic mass is 19.1. The number of para-hydroxylation sites is 1. The summed E-state index contributed by atoms with van der Waals surface area (Å²) in [5.41, 5.74) is 9.80. The molecule has 0 spiro atoms. The van der Waals surface area contributed by atoms with Crippen LogP contribution in [0.1, 0.15) is 18.1 Å². The van der Waals surface area contributed by atoms with Gasteiger partial charge in [-0.25, -0.2) is 9.37 Å². The van der Waals surface area contributed by atoms with Gasteiger partial charge in [0.15, 0.2) is 5.65 Å². The van der Waals surface area contributed by atoms with Gasteiger partial charge in [-0.3, -0.25) is 9.36 Å². The Kier molecular flexibility index (Phi) is 5.29. The number of benzene rings is 2. The van der Waals surface area contributed by atoms with Gasteiger partial charge in [0.25, 0.3) is 5.56 Å². The van der Waals surface area contributed by atoms with Crippen molar-refractivity contribution in [2.24, 2.45) is 5.73 Å². The van der Waals surface area contributed by atoms with Gasteiger partial charge in [-0.2, -0.15) is 4.98 Å². The first-order valence-electron chi connectivity index (χ1n) is 9.76. The van der Waals surface area contributed by atoms with Crippen LogP contribution in [0.15, 0.2) is 59.4 Å². The summed E-state index contributed by atoms with van der Waals surface area (Å²) >= 11 is 0. The van der Waals surface area contributed by atoms with E-state index in [0.29, 0.717) is 40.3 Å². The second kappa shape index (κ2) is 8.04. The molecule has 0 amide bonds. The Balaban J connectivity index is 2.12. The third-order valence-corrected chi connectivity index (χ3v) is 4.98. The molecule has 152 valence electrons. The standard InChI is InChI=1S/C23H22FN5O/c1-3-26-23-27-21(17-9-8-16(24)12-15(17)13-25)18-10-11-20(30)29(22(18)28-23)19-7-5-4-6-14(19)2/h4-12H,3,13,25H2,1-2H3,(H,26,27,28). The first-order valence-corrected chi connectivity index (χ1v) is 9.76. The van der Waals surface area contributed by atoms with Crippen LogP contribution in [0.5, 0.6) is 0 Å². The number of anilines is 1. The van der Waals surface area contributed by atoms with E-state index in [9.17, 15) is 9.18 Å². The molecule has 2 heterocycles. The van der Waals surface area contributed by atoms with Crippen molar-refractivity contribution in [3.8, 4) is 16.9 Å². The molecule has 30 heavy (non-hydrogen) atoms. The van der Waals surface area contributed by atoms with Crippen molar-refractivity contribution in [2.75, 3.05) is 11.9 Å². The summed E-state index contributed by atoms with van der Waals surface area (Å²) in [6.45, 7) is 4.66. The van der Waals surface area contributed by atoms with Crippen LogP contribution in [-0.4, -0.2) is 21.1 Å². The maximum absolute atomic E-state index is 13.8. The number of aryl methyl sites for hydroxylation is 1. The lowest BCUT2D eigenvalue weighted by molar-refractivity contribution is 0.625. The highest BCUT2D eigenvalue weighted by molar-refractivity contribution is 5.93. The largest absolute Gasteiger partial charge is 0.354 e. The van der Waals surface area contributed by atoms with E-state index in [4.69, 9.17) is 5.73 Å². The number of nitrogens with zero attached hydrogens (tertiary/aromatic N) is 3. The molecule has 2 aromatic carbocycles. The molecular weight excluding hydrogens is 381 g/mol. The molecule has 7 heteroatoms. The fraction of sp³-hybridized carbons (Fsp3) is 0.174. The molecule has 0 aliphatic heterocycles. The number of pyridine rings is 1. The monoisotopic (exact) mass is 403 g/mol. The minimum absolute atomic E-state index is 0.159. The number of aromatic nitrogens is 3. The summed E-state index contributed by atoms with van der Waals surface area (Å²) in [6.07, 6.45) is 0. The molecule has 0 bridgehead atoms. The lowest BCUT2D eigenvalue weighted by atomic mass is 10.0. The van der Waals surface area contributed by atoms with Crippen molar-refractivity contribution in [1.29, 1.82) is 0 Å². The van der Waals surface area contributed by atoms with Gasteiger partial charge in [-0.15, -0.1) is 0 Å². The van der Waals surface area contributed by atoms with E-state index in [1.54, 1.807) is 16.7 Å². The van der Waals surface area contributed by atoms with Crippen LogP contribution in [0, 0.1) is 12.7 Å². The molecule has 0 aliphatic rings. The van der Waals surface area contributed by atoms with Crippen LogP contribution in [0.2, 0.25) is 0 Å². The molecule has 0 saturated carbocycles. The van der Waals surface area contributed by atoms with E-state index in [2.05, 4.69) is 15.3 Å². The molecule has 4 aromatic rings. The van der Waals surface area contributed by atoms with E-state index in [1.165, 1.54) is 18.2 Å². The number of halogens is 1. The van der Waals surface area contributed by atoms with Gasteiger partial charge in [0, 0.05) is 30.1 Å². The molecule has 6 nitrogen and oxygen atoms in total. The predicted octanol–water partition coefficient (Wildman–Crippen LogP) is 3.79. The topological polar surface area (TPSA) is 85.8 Å². The number of rotatable bonds is 5. The molecule has 0 fully saturated rings. The molecule has 4 rings (SSSR count). The van der Waals surface area contributed by atoms with Crippen LogP contribution in [-0.2, 0) is 6.54 Å². The third-order valence-electron chi connectivity index (χ3n) is 4.98. The summed E-state index contributed by atoms with van der Waals surface area (Å²) in [5, 5.41) is 3.81. The highest BCUT2D eigenvalue weighted by Gasteiger charge is 2.17. The zero-order valence-corrected chi connectivity index (χ0v) is 16.8. The third kappa shape index (κ3) is 3.44. The molecule has 0 atom stereocenters. The minimum Gasteiger partial charge on any atom is -0.354 e. The normalized spacial score (nSPS) is 11.1. The van der Waals surface area contributed by atoms with Gasteiger partial charge in [0.1, 0.15) is 5.82 Å². The molecule has 0 unspecified atom stereocenters. The Labute approximate surface area is 173 Å². The summed E-state index contributed by atoms with van der Waals surface area (Å²) in [6, 6.07) is 15.3. The van der Waals surface area contributed by atoms with Gasteiger partial charge in [0.2, 0.25) is 5.95 Å². The summed E-state index contributed by atoms with van der Waals surface area (Å²) < 4.78 is 15.4. The average molecular weight is 403 g/mol. The number of nitrogens with one attached hydrogen (secondary N) is 1. The van der Waals surface area contributed by atoms with E-state index in [0.717, 1.165) is 11.3 Å². The van der Waals surface area contributed by atoms with E-state index in [1.807, 2.05) is 38.1 Å². The van der Waals surface area contributed by atoms with Crippen LogP contribution >= 0.6 is 0 Å². The van der Waals surface area contributed by atoms with Crippen molar-refractivity contribution in [3.05, 3.63) is 81.9 Å². The fourth-order valence-corrected chi connectivity index (χ4v) is 3.57. The van der Waals surface area contributed by atoms with E-state index in [-0.39, 0.29) is 17.9 Å². The summed E-state index contributed by atoms with van der Waals surface area (Å²) in [4.78, 5) is 22.2. The molecule has 0 aliphatic carbocycles. The molecular formula is C23H22FN5O. The molecule has 3 N–H and O–H groups in total. The maximum Gasteiger partial charge on any atom is 0.256 e. The van der Waals surface area contributed by atoms with Gasteiger partial charge in [0.05, 0.1) is 11.4 Å². The molecule has 0 radical (unpaired) electrons. The number of hydrogen-bond acceptors (Lipinski definition) is 5. The first-order chi connectivity index (χ1) is 14.5. The van der Waals surface area contributed by atoms with Gasteiger partial charge in [-0.05, 0) is 55.3 Å². The Bertz CT molecular complexity index is 1300. The van der Waals surface area contributed by atoms with E-state index >= 15 is 0 Å². The summed E-state index contributed by atoms with van der Waals surface area (Å²) in [7, 11) is 0. The van der Waals surface area contributed by atoms with E-state index < -0.39 is 0 Å². The highest BCUT2D eigenvalue weighted by Crippen LogP contribution is 2.31. The number of hydrogen-bond donors (Lipinski definition) is 2. The van der Waals surface area contributed by atoms with Crippen molar-refractivity contribution < 1.29 is 4.39 Å². The Morgan fingerprint density at radius 3 is 2.63 bits per heavy atom. The second-order valence-electron chi connectivity index (χ2n) is 6.96. The van der Waals surface area contributed by atoms with Gasteiger partial charge < -0.3 is 11.1 Å².